The topological polar surface area (TPSA) is 63.2 Å². The molecule has 0 aliphatic heterocycles. The van der Waals surface area contributed by atoms with Crippen molar-refractivity contribution in [1.29, 1.82) is 0 Å². The molecule has 0 radical (unpaired) electrons. The summed E-state index contributed by atoms with van der Waals surface area (Å²) in [5, 5.41) is 2.68. The standard InChI is InChI=1S/C22H25NO3/c1-15(24)23-19-11-5-16(6-12-19)13-20(25)14-21(26)17-7-9-18(10-8-17)22(2,3)4/h5-12H,13-14H2,1-4H3,(H,23,24). The Labute approximate surface area is 154 Å². The third-order valence-corrected chi connectivity index (χ3v) is 4.11. The van der Waals surface area contributed by atoms with E-state index in [1.165, 1.54) is 6.92 Å². The molecule has 0 unspecified atom stereocenters. The fourth-order valence-corrected chi connectivity index (χ4v) is 2.64. The van der Waals surface area contributed by atoms with Gasteiger partial charge in [-0.1, -0.05) is 57.2 Å². The summed E-state index contributed by atoms with van der Waals surface area (Å²) in [6.45, 7) is 7.79. The smallest absolute Gasteiger partial charge is 0.221 e. The number of rotatable bonds is 6. The molecule has 0 aliphatic carbocycles. The first kappa shape index (κ1) is 19.6. The molecule has 0 bridgehead atoms. The molecule has 0 saturated carbocycles. The Hall–Kier alpha value is -2.75. The lowest BCUT2D eigenvalue weighted by molar-refractivity contribution is -0.117. The van der Waals surface area contributed by atoms with Gasteiger partial charge < -0.3 is 5.32 Å². The average Bonchev–Trinajstić information content (AvgIpc) is 2.55. The van der Waals surface area contributed by atoms with Crippen LogP contribution in [0.3, 0.4) is 0 Å². The summed E-state index contributed by atoms with van der Waals surface area (Å²) in [7, 11) is 0. The average molecular weight is 351 g/mol. The second-order valence-electron chi connectivity index (χ2n) is 7.52. The van der Waals surface area contributed by atoms with Crippen molar-refractivity contribution in [2.45, 2.75) is 46.0 Å². The van der Waals surface area contributed by atoms with E-state index < -0.39 is 0 Å². The predicted molar refractivity (Wildman–Crippen MR) is 104 cm³/mol. The van der Waals surface area contributed by atoms with Crippen LogP contribution in [0, 0.1) is 0 Å². The minimum Gasteiger partial charge on any atom is -0.326 e. The fraction of sp³-hybridized carbons (Fsp3) is 0.318. The first-order chi connectivity index (χ1) is 12.1. The quantitative estimate of drug-likeness (QED) is 0.622. The molecule has 0 aromatic heterocycles. The van der Waals surface area contributed by atoms with Gasteiger partial charge in [0.15, 0.2) is 5.78 Å². The Balaban J connectivity index is 1.94. The van der Waals surface area contributed by atoms with Crippen LogP contribution < -0.4 is 5.32 Å². The van der Waals surface area contributed by atoms with Crippen molar-refractivity contribution >= 4 is 23.2 Å². The number of nitrogens with one attached hydrogen (secondary N) is 1. The molecular weight excluding hydrogens is 326 g/mol. The van der Waals surface area contributed by atoms with E-state index in [0.29, 0.717) is 11.3 Å². The molecule has 1 N–H and O–H groups in total. The summed E-state index contributed by atoms with van der Waals surface area (Å²) < 4.78 is 0. The van der Waals surface area contributed by atoms with E-state index >= 15 is 0 Å². The molecule has 4 nitrogen and oxygen atoms in total. The molecule has 0 saturated heterocycles. The molecule has 2 aromatic carbocycles. The van der Waals surface area contributed by atoms with Crippen LogP contribution in [0.25, 0.3) is 0 Å². The minimum atomic E-state index is -0.162. The van der Waals surface area contributed by atoms with Crippen molar-refractivity contribution in [3.05, 3.63) is 65.2 Å². The highest BCUT2D eigenvalue weighted by atomic mass is 16.2. The Morgan fingerprint density at radius 1 is 0.885 bits per heavy atom. The van der Waals surface area contributed by atoms with Crippen LogP contribution in [0.1, 0.15) is 55.6 Å². The first-order valence-corrected chi connectivity index (χ1v) is 8.67. The number of hydrogen-bond acceptors (Lipinski definition) is 3. The molecule has 2 rings (SSSR count). The number of ketones is 2. The van der Waals surface area contributed by atoms with Crippen molar-refractivity contribution in [2.24, 2.45) is 0 Å². The normalized spacial score (nSPS) is 11.1. The predicted octanol–water partition coefficient (Wildman–Crippen LogP) is 4.33. The summed E-state index contributed by atoms with van der Waals surface area (Å²) in [6, 6.07) is 14.5. The summed E-state index contributed by atoms with van der Waals surface area (Å²) in [4.78, 5) is 35.5. The van der Waals surface area contributed by atoms with Crippen molar-refractivity contribution < 1.29 is 14.4 Å². The lowest BCUT2D eigenvalue weighted by Gasteiger charge is -2.18. The van der Waals surface area contributed by atoms with Gasteiger partial charge in [-0.3, -0.25) is 14.4 Å². The molecule has 26 heavy (non-hydrogen) atoms. The number of carbonyl (C=O) groups is 3. The SMILES string of the molecule is CC(=O)Nc1ccc(CC(=O)CC(=O)c2ccc(C(C)(C)C)cc2)cc1. The summed E-state index contributed by atoms with van der Waals surface area (Å²) in [5.74, 6) is -0.426. The number of Topliss-reactive ketones (excluding diaryl/α,β-unsaturated/α-hetero) is 2. The van der Waals surface area contributed by atoms with Gasteiger partial charge in [-0.15, -0.1) is 0 Å². The van der Waals surface area contributed by atoms with Crippen LogP contribution >= 0.6 is 0 Å². The molecular formula is C22H25NO3. The third kappa shape index (κ3) is 5.66. The fourth-order valence-electron chi connectivity index (χ4n) is 2.64. The molecule has 0 atom stereocenters. The zero-order valence-corrected chi connectivity index (χ0v) is 15.8. The molecule has 0 heterocycles. The molecule has 4 heteroatoms. The van der Waals surface area contributed by atoms with Crippen molar-refractivity contribution in [1.82, 2.24) is 0 Å². The lowest BCUT2D eigenvalue weighted by Crippen LogP contribution is -2.13. The van der Waals surface area contributed by atoms with Crippen molar-refractivity contribution in [3.8, 4) is 0 Å². The molecule has 0 aliphatic rings. The van der Waals surface area contributed by atoms with Crippen LogP contribution in [-0.2, 0) is 21.4 Å². The molecule has 1 amide bonds. The number of benzene rings is 2. The molecule has 2 aromatic rings. The van der Waals surface area contributed by atoms with E-state index in [-0.39, 0.29) is 35.7 Å². The van der Waals surface area contributed by atoms with E-state index in [0.717, 1.165) is 11.1 Å². The monoisotopic (exact) mass is 351 g/mol. The number of carbonyl (C=O) groups excluding carboxylic acids is 3. The van der Waals surface area contributed by atoms with Gasteiger partial charge in [-0.25, -0.2) is 0 Å². The van der Waals surface area contributed by atoms with E-state index in [4.69, 9.17) is 0 Å². The summed E-state index contributed by atoms with van der Waals surface area (Å²) >= 11 is 0. The van der Waals surface area contributed by atoms with Crippen molar-refractivity contribution in [2.75, 3.05) is 5.32 Å². The number of amides is 1. The van der Waals surface area contributed by atoms with Gasteiger partial charge >= 0.3 is 0 Å². The Bertz CT molecular complexity index is 797. The van der Waals surface area contributed by atoms with Gasteiger partial charge in [0, 0.05) is 24.6 Å². The highest BCUT2D eigenvalue weighted by molar-refractivity contribution is 6.08. The van der Waals surface area contributed by atoms with Crippen LogP contribution in [0.4, 0.5) is 5.69 Å². The Morgan fingerprint density at radius 2 is 1.46 bits per heavy atom. The van der Waals surface area contributed by atoms with Crippen molar-refractivity contribution in [3.63, 3.8) is 0 Å². The third-order valence-electron chi connectivity index (χ3n) is 4.11. The summed E-state index contributed by atoms with van der Waals surface area (Å²) in [6.07, 6.45) is 0.0917. The zero-order chi connectivity index (χ0) is 19.3. The maximum Gasteiger partial charge on any atom is 0.221 e. The number of hydrogen-bond donors (Lipinski definition) is 1. The Kier molecular flexibility index (Phi) is 6.09. The first-order valence-electron chi connectivity index (χ1n) is 8.67. The van der Waals surface area contributed by atoms with Gasteiger partial charge in [0.2, 0.25) is 5.91 Å². The van der Waals surface area contributed by atoms with Gasteiger partial charge in [-0.05, 0) is 28.7 Å². The second-order valence-corrected chi connectivity index (χ2v) is 7.52. The molecule has 136 valence electrons. The highest BCUT2D eigenvalue weighted by Crippen LogP contribution is 2.22. The van der Waals surface area contributed by atoms with Gasteiger partial charge in [0.1, 0.15) is 5.78 Å². The molecule has 0 fully saturated rings. The van der Waals surface area contributed by atoms with Gasteiger partial charge in [0.25, 0.3) is 0 Å². The number of anilines is 1. The van der Waals surface area contributed by atoms with E-state index in [1.54, 1.807) is 36.4 Å². The maximum absolute atomic E-state index is 12.3. The second kappa shape index (κ2) is 8.09. The van der Waals surface area contributed by atoms with Crippen LogP contribution in [0.5, 0.6) is 0 Å². The summed E-state index contributed by atoms with van der Waals surface area (Å²) in [5.41, 5.74) is 3.25. The lowest BCUT2D eigenvalue weighted by atomic mass is 9.86. The largest absolute Gasteiger partial charge is 0.326 e. The maximum atomic E-state index is 12.3. The minimum absolute atomic E-state index is 0.0286. The van der Waals surface area contributed by atoms with Crippen LogP contribution in [0.15, 0.2) is 48.5 Å². The molecule has 0 spiro atoms. The van der Waals surface area contributed by atoms with Gasteiger partial charge in [-0.2, -0.15) is 0 Å². The van der Waals surface area contributed by atoms with E-state index in [2.05, 4.69) is 26.1 Å². The van der Waals surface area contributed by atoms with E-state index in [9.17, 15) is 14.4 Å². The zero-order valence-electron chi connectivity index (χ0n) is 15.8. The van der Waals surface area contributed by atoms with E-state index in [1.807, 2.05) is 12.1 Å². The Morgan fingerprint density at radius 3 is 1.96 bits per heavy atom. The van der Waals surface area contributed by atoms with Gasteiger partial charge in [0.05, 0.1) is 6.42 Å². The van der Waals surface area contributed by atoms with Crippen LogP contribution in [-0.4, -0.2) is 17.5 Å². The highest BCUT2D eigenvalue weighted by Gasteiger charge is 2.16. The van der Waals surface area contributed by atoms with Crippen LogP contribution in [0.2, 0.25) is 0 Å².